The minimum atomic E-state index is -0.142. The van der Waals surface area contributed by atoms with E-state index >= 15 is 0 Å². The Bertz CT molecular complexity index is 706. The van der Waals surface area contributed by atoms with Gasteiger partial charge in [0.15, 0.2) is 11.5 Å². The molecule has 0 saturated heterocycles. The average molecular weight is 316 g/mol. The van der Waals surface area contributed by atoms with Crippen molar-refractivity contribution in [1.29, 1.82) is 0 Å². The summed E-state index contributed by atoms with van der Waals surface area (Å²) in [5.74, 6) is 1.31. The number of amides is 1. The number of nitrogens with one attached hydrogen (secondary N) is 1. The monoisotopic (exact) mass is 316 g/mol. The zero-order valence-corrected chi connectivity index (χ0v) is 13.1. The van der Waals surface area contributed by atoms with Crippen molar-refractivity contribution in [1.82, 2.24) is 10.3 Å². The summed E-state index contributed by atoms with van der Waals surface area (Å²) in [5, 5.41) is 3.71. The van der Waals surface area contributed by atoms with Crippen LogP contribution < -0.4 is 14.8 Å². The molecule has 1 aliphatic rings. The summed E-state index contributed by atoms with van der Waals surface area (Å²) in [4.78, 5) is 16.6. The number of pyridine rings is 1. The molecule has 0 aliphatic carbocycles. The second kappa shape index (κ2) is 6.27. The zero-order valence-electron chi connectivity index (χ0n) is 12.3. The van der Waals surface area contributed by atoms with E-state index in [4.69, 9.17) is 9.47 Å². The molecule has 1 aromatic carbocycles. The fourth-order valence-corrected chi connectivity index (χ4v) is 2.81. The van der Waals surface area contributed by atoms with Crippen LogP contribution in [0, 0.1) is 0 Å². The maximum absolute atomic E-state index is 12.4. The van der Waals surface area contributed by atoms with Gasteiger partial charge in [0.2, 0.25) is 6.79 Å². The Morgan fingerprint density at radius 1 is 1.32 bits per heavy atom. The lowest BCUT2D eigenvalue weighted by molar-refractivity contribution is 0.0936. The second-order valence-electron chi connectivity index (χ2n) is 4.87. The van der Waals surface area contributed by atoms with Gasteiger partial charge >= 0.3 is 0 Å². The summed E-state index contributed by atoms with van der Waals surface area (Å²) in [6.07, 6.45) is 3.59. The molecule has 6 heteroatoms. The number of thioether (sulfide) groups is 1. The van der Waals surface area contributed by atoms with Crippen LogP contribution in [0.25, 0.3) is 0 Å². The predicted octanol–water partition coefficient (Wildman–Crippen LogP) is 3.02. The first-order chi connectivity index (χ1) is 10.7. The first-order valence-corrected chi connectivity index (χ1v) is 8.11. The van der Waals surface area contributed by atoms with Crippen LogP contribution in [0.2, 0.25) is 0 Å². The van der Waals surface area contributed by atoms with E-state index in [-0.39, 0.29) is 18.7 Å². The van der Waals surface area contributed by atoms with Crippen LogP contribution in [0.1, 0.15) is 28.9 Å². The number of rotatable bonds is 4. The van der Waals surface area contributed by atoms with E-state index in [1.165, 1.54) is 11.8 Å². The van der Waals surface area contributed by atoms with E-state index < -0.39 is 0 Å². The fraction of sp³-hybridized carbons (Fsp3) is 0.250. The molecule has 3 rings (SSSR count). The average Bonchev–Trinajstić information content (AvgIpc) is 3.02. The van der Waals surface area contributed by atoms with Crippen molar-refractivity contribution in [3.8, 4) is 11.5 Å². The molecule has 0 saturated carbocycles. The summed E-state index contributed by atoms with van der Waals surface area (Å²) in [6, 6.07) is 9.08. The molecule has 1 aromatic heterocycles. The second-order valence-corrected chi connectivity index (χ2v) is 5.66. The SMILES string of the molecule is CSc1ncccc1C(=O)N[C@H](C)c1ccc2c(c1)OCO2. The molecule has 1 atom stereocenters. The van der Waals surface area contributed by atoms with Gasteiger partial charge in [-0.2, -0.15) is 0 Å². The highest BCUT2D eigenvalue weighted by molar-refractivity contribution is 7.98. The summed E-state index contributed by atoms with van der Waals surface area (Å²) >= 11 is 1.45. The van der Waals surface area contributed by atoms with Gasteiger partial charge in [0.25, 0.3) is 5.91 Å². The molecule has 0 radical (unpaired) electrons. The third-order valence-electron chi connectivity index (χ3n) is 3.45. The highest BCUT2D eigenvalue weighted by Crippen LogP contribution is 2.34. The minimum Gasteiger partial charge on any atom is -0.454 e. The van der Waals surface area contributed by atoms with Gasteiger partial charge in [-0.25, -0.2) is 4.98 Å². The summed E-state index contributed by atoms with van der Waals surface area (Å²) in [7, 11) is 0. The van der Waals surface area contributed by atoms with Crippen LogP contribution in [0.4, 0.5) is 0 Å². The highest BCUT2D eigenvalue weighted by Gasteiger charge is 2.18. The fourth-order valence-electron chi connectivity index (χ4n) is 2.27. The largest absolute Gasteiger partial charge is 0.454 e. The van der Waals surface area contributed by atoms with Crippen molar-refractivity contribution in [2.24, 2.45) is 0 Å². The van der Waals surface area contributed by atoms with Crippen LogP contribution in [0.15, 0.2) is 41.6 Å². The Kier molecular flexibility index (Phi) is 4.20. The molecule has 22 heavy (non-hydrogen) atoms. The van der Waals surface area contributed by atoms with Gasteiger partial charge in [0.1, 0.15) is 5.03 Å². The van der Waals surface area contributed by atoms with E-state index in [1.807, 2.05) is 31.4 Å². The van der Waals surface area contributed by atoms with Crippen molar-refractivity contribution in [3.05, 3.63) is 47.7 Å². The Labute approximate surface area is 133 Å². The van der Waals surface area contributed by atoms with Crippen molar-refractivity contribution >= 4 is 17.7 Å². The summed E-state index contributed by atoms with van der Waals surface area (Å²) in [5.41, 5.74) is 1.55. The Morgan fingerprint density at radius 2 is 2.14 bits per heavy atom. The van der Waals surface area contributed by atoms with Crippen LogP contribution in [-0.4, -0.2) is 23.9 Å². The Balaban J connectivity index is 1.76. The molecular weight excluding hydrogens is 300 g/mol. The first kappa shape index (κ1) is 14.7. The van der Waals surface area contributed by atoms with E-state index in [1.54, 1.807) is 18.3 Å². The predicted molar refractivity (Wildman–Crippen MR) is 84.5 cm³/mol. The van der Waals surface area contributed by atoms with E-state index in [2.05, 4.69) is 10.3 Å². The molecule has 1 aliphatic heterocycles. The molecule has 5 nitrogen and oxygen atoms in total. The third-order valence-corrected chi connectivity index (χ3v) is 4.17. The standard InChI is InChI=1S/C16H16N2O3S/c1-10(11-5-6-13-14(8-11)21-9-20-13)18-15(19)12-4-3-7-17-16(12)22-2/h3-8,10H,9H2,1-2H3,(H,18,19)/t10-/m1/s1. The van der Waals surface area contributed by atoms with Gasteiger partial charge in [-0.05, 0) is 43.0 Å². The van der Waals surface area contributed by atoms with Crippen molar-refractivity contribution in [3.63, 3.8) is 0 Å². The van der Waals surface area contributed by atoms with Gasteiger partial charge in [-0.1, -0.05) is 6.07 Å². The van der Waals surface area contributed by atoms with Crippen molar-refractivity contribution in [2.45, 2.75) is 18.0 Å². The summed E-state index contributed by atoms with van der Waals surface area (Å²) < 4.78 is 10.7. The molecule has 2 aromatic rings. The van der Waals surface area contributed by atoms with E-state index in [9.17, 15) is 4.79 Å². The van der Waals surface area contributed by atoms with Gasteiger partial charge in [-0.15, -0.1) is 11.8 Å². The zero-order chi connectivity index (χ0) is 15.5. The van der Waals surface area contributed by atoms with Gasteiger partial charge in [0.05, 0.1) is 11.6 Å². The van der Waals surface area contributed by atoms with Crippen molar-refractivity contribution in [2.75, 3.05) is 13.0 Å². The molecule has 0 fully saturated rings. The minimum absolute atomic E-state index is 0.136. The summed E-state index contributed by atoms with van der Waals surface area (Å²) in [6.45, 7) is 2.18. The maximum Gasteiger partial charge on any atom is 0.254 e. The number of benzene rings is 1. The van der Waals surface area contributed by atoms with Gasteiger partial charge in [-0.3, -0.25) is 4.79 Å². The number of carbonyl (C=O) groups excluding carboxylic acids is 1. The number of aromatic nitrogens is 1. The molecule has 0 bridgehead atoms. The molecule has 114 valence electrons. The van der Waals surface area contributed by atoms with E-state index in [0.29, 0.717) is 11.3 Å². The highest BCUT2D eigenvalue weighted by atomic mass is 32.2. The Hall–Kier alpha value is -2.21. The lowest BCUT2D eigenvalue weighted by Gasteiger charge is -2.15. The smallest absolute Gasteiger partial charge is 0.254 e. The third kappa shape index (κ3) is 2.87. The molecule has 0 unspecified atom stereocenters. The number of nitrogens with zero attached hydrogens (tertiary/aromatic N) is 1. The lowest BCUT2D eigenvalue weighted by atomic mass is 10.1. The molecule has 1 amide bonds. The normalized spacial score (nSPS) is 13.7. The quantitative estimate of drug-likeness (QED) is 0.879. The van der Waals surface area contributed by atoms with Gasteiger partial charge < -0.3 is 14.8 Å². The van der Waals surface area contributed by atoms with Crippen LogP contribution >= 0.6 is 11.8 Å². The molecular formula is C16H16N2O3S. The maximum atomic E-state index is 12.4. The number of carbonyl (C=O) groups is 1. The lowest BCUT2D eigenvalue weighted by Crippen LogP contribution is -2.27. The number of hydrogen-bond acceptors (Lipinski definition) is 5. The van der Waals surface area contributed by atoms with Crippen molar-refractivity contribution < 1.29 is 14.3 Å². The van der Waals surface area contributed by atoms with Gasteiger partial charge in [0, 0.05) is 6.20 Å². The molecule has 1 N–H and O–H groups in total. The van der Waals surface area contributed by atoms with Crippen LogP contribution in [-0.2, 0) is 0 Å². The first-order valence-electron chi connectivity index (χ1n) is 6.88. The number of ether oxygens (including phenoxy) is 2. The van der Waals surface area contributed by atoms with Crippen LogP contribution in [0.5, 0.6) is 11.5 Å². The number of fused-ring (bicyclic) bond motifs is 1. The molecule has 0 spiro atoms. The Morgan fingerprint density at radius 3 is 2.95 bits per heavy atom. The molecule has 2 heterocycles. The van der Waals surface area contributed by atoms with E-state index in [0.717, 1.165) is 16.3 Å². The number of hydrogen-bond donors (Lipinski definition) is 1. The topological polar surface area (TPSA) is 60.5 Å². The van der Waals surface area contributed by atoms with Crippen LogP contribution in [0.3, 0.4) is 0 Å².